The third kappa shape index (κ3) is 2.42. The molecule has 1 heterocycles. The molecule has 114 valence electrons. The minimum Gasteiger partial charge on any atom is -0.381 e. The summed E-state index contributed by atoms with van der Waals surface area (Å²) < 4.78 is 5.84. The van der Waals surface area contributed by atoms with Gasteiger partial charge in [-0.3, -0.25) is 4.79 Å². The van der Waals surface area contributed by atoms with Gasteiger partial charge in [-0.1, -0.05) is 19.9 Å². The maximum absolute atomic E-state index is 11.2. The van der Waals surface area contributed by atoms with Gasteiger partial charge in [0.05, 0.1) is 6.10 Å². The molecule has 1 saturated carbocycles. The van der Waals surface area contributed by atoms with E-state index in [1.807, 2.05) is 18.2 Å². The van der Waals surface area contributed by atoms with Gasteiger partial charge in [-0.15, -0.1) is 0 Å². The minimum absolute atomic E-state index is 0.0435. The molecule has 1 aliphatic heterocycles. The van der Waals surface area contributed by atoms with Crippen molar-refractivity contribution in [1.82, 2.24) is 0 Å². The smallest absolute Gasteiger partial charge is 0.221 e. The normalized spacial score (nSPS) is 29.4. The number of hydrogen-bond donors (Lipinski definition) is 2. The fourth-order valence-corrected chi connectivity index (χ4v) is 3.84. The second kappa shape index (κ2) is 5.02. The predicted molar refractivity (Wildman–Crippen MR) is 84.5 cm³/mol. The first-order chi connectivity index (χ1) is 9.89. The van der Waals surface area contributed by atoms with Gasteiger partial charge < -0.3 is 15.4 Å². The highest BCUT2D eigenvalue weighted by Gasteiger charge is 2.59. The number of anilines is 2. The van der Waals surface area contributed by atoms with E-state index in [0.717, 1.165) is 24.4 Å². The Morgan fingerprint density at radius 1 is 1.38 bits per heavy atom. The summed E-state index contributed by atoms with van der Waals surface area (Å²) in [6.45, 7) is 9.03. The summed E-state index contributed by atoms with van der Waals surface area (Å²) in [5, 5.41) is 6.54. The monoisotopic (exact) mass is 288 g/mol. The Labute approximate surface area is 126 Å². The predicted octanol–water partition coefficient (Wildman–Crippen LogP) is 3.18. The van der Waals surface area contributed by atoms with Gasteiger partial charge in [0.2, 0.25) is 5.91 Å². The van der Waals surface area contributed by atoms with Crippen molar-refractivity contribution in [2.75, 3.05) is 17.2 Å². The molecule has 0 aromatic heterocycles. The number of carbonyl (C=O) groups excluding carboxylic acids is 1. The van der Waals surface area contributed by atoms with E-state index in [1.165, 1.54) is 12.5 Å². The lowest BCUT2D eigenvalue weighted by atomic mass is 9.57. The first kappa shape index (κ1) is 14.4. The maximum atomic E-state index is 11.2. The number of amides is 1. The molecule has 1 aromatic rings. The molecule has 1 amide bonds. The van der Waals surface area contributed by atoms with Crippen molar-refractivity contribution in [2.45, 2.75) is 46.3 Å². The molecule has 0 radical (unpaired) electrons. The third-order valence-electron chi connectivity index (χ3n) is 4.97. The molecule has 3 atom stereocenters. The fourth-order valence-electron chi connectivity index (χ4n) is 3.84. The van der Waals surface area contributed by atoms with E-state index in [9.17, 15) is 4.79 Å². The van der Waals surface area contributed by atoms with E-state index in [4.69, 9.17) is 4.74 Å². The molecule has 1 saturated heterocycles. The Morgan fingerprint density at radius 2 is 2.14 bits per heavy atom. The first-order valence-corrected chi connectivity index (χ1v) is 7.66. The van der Waals surface area contributed by atoms with E-state index in [1.54, 1.807) is 0 Å². The standard InChI is InChI=1S/C17H24N2O2/c1-10-5-6-12(18-11(2)20)9-14(10)19-15-13-7-8-21-16(13)17(15,3)4/h5-6,9,13,15-16,19H,7-8H2,1-4H3,(H,18,20). The van der Waals surface area contributed by atoms with E-state index in [2.05, 4.69) is 31.4 Å². The Hall–Kier alpha value is -1.55. The van der Waals surface area contributed by atoms with Crippen molar-refractivity contribution < 1.29 is 9.53 Å². The Bertz CT molecular complexity index is 568. The quantitative estimate of drug-likeness (QED) is 0.898. The average molecular weight is 288 g/mol. The van der Waals surface area contributed by atoms with Crippen molar-refractivity contribution in [3.63, 3.8) is 0 Å². The molecular formula is C17H24N2O2. The SMILES string of the molecule is CC(=O)Nc1ccc(C)c(NC2C3CCOC3C2(C)C)c1. The number of ether oxygens (including phenoxy) is 1. The number of aryl methyl sites for hydroxylation is 1. The molecule has 4 heteroatoms. The van der Waals surface area contributed by atoms with Crippen LogP contribution in [0.3, 0.4) is 0 Å². The molecule has 2 N–H and O–H groups in total. The summed E-state index contributed by atoms with van der Waals surface area (Å²) >= 11 is 0. The van der Waals surface area contributed by atoms with Crippen molar-refractivity contribution in [2.24, 2.45) is 11.3 Å². The summed E-state index contributed by atoms with van der Waals surface area (Å²) in [7, 11) is 0. The lowest BCUT2D eigenvalue weighted by Gasteiger charge is -2.55. The number of fused-ring (bicyclic) bond motifs is 1. The Kier molecular flexibility index (Phi) is 3.44. The zero-order valence-electron chi connectivity index (χ0n) is 13.2. The van der Waals surface area contributed by atoms with Crippen LogP contribution in [0.1, 0.15) is 32.8 Å². The number of carbonyl (C=O) groups is 1. The van der Waals surface area contributed by atoms with Crippen LogP contribution in [0.4, 0.5) is 11.4 Å². The zero-order chi connectivity index (χ0) is 15.2. The van der Waals surface area contributed by atoms with E-state index in [0.29, 0.717) is 18.1 Å². The molecule has 2 fully saturated rings. The van der Waals surface area contributed by atoms with Crippen molar-refractivity contribution >= 4 is 17.3 Å². The first-order valence-electron chi connectivity index (χ1n) is 7.66. The molecule has 2 aliphatic rings. The zero-order valence-corrected chi connectivity index (χ0v) is 13.2. The van der Waals surface area contributed by atoms with E-state index >= 15 is 0 Å². The molecule has 4 nitrogen and oxygen atoms in total. The van der Waals surface area contributed by atoms with Gasteiger partial charge >= 0.3 is 0 Å². The van der Waals surface area contributed by atoms with Crippen LogP contribution in [0.5, 0.6) is 0 Å². The minimum atomic E-state index is -0.0435. The molecule has 0 bridgehead atoms. The van der Waals surface area contributed by atoms with Gasteiger partial charge in [-0.25, -0.2) is 0 Å². The molecular weight excluding hydrogens is 264 g/mol. The van der Waals surface area contributed by atoms with Crippen LogP contribution in [0, 0.1) is 18.3 Å². The summed E-state index contributed by atoms with van der Waals surface area (Å²) in [6, 6.07) is 6.43. The number of nitrogens with one attached hydrogen (secondary N) is 2. The van der Waals surface area contributed by atoms with E-state index in [-0.39, 0.29) is 11.3 Å². The molecule has 21 heavy (non-hydrogen) atoms. The highest BCUT2D eigenvalue weighted by Crippen LogP contribution is 2.53. The summed E-state index contributed by atoms with van der Waals surface area (Å²) in [5.41, 5.74) is 3.29. The highest BCUT2D eigenvalue weighted by atomic mass is 16.5. The molecule has 3 rings (SSSR count). The van der Waals surface area contributed by atoms with Gasteiger partial charge in [0.15, 0.2) is 0 Å². The van der Waals surface area contributed by atoms with Crippen molar-refractivity contribution in [1.29, 1.82) is 0 Å². The van der Waals surface area contributed by atoms with Gasteiger partial charge in [-0.2, -0.15) is 0 Å². The van der Waals surface area contributed by atoms with Crippen LogP contribution < -0.4 is 10.6 Å². The van der Waals surface area contributed by atoms with Crippen LogP contribution in [-0.4, -0.2) is 24.7 Å². The van der Waals surface area contributed by atoms with Crippen LogP contribution in [0.15, 0.2) is 18.2 Å². The molecule has 1 aromatic carbocycles. The summed E-state index contributed by atoms with van der Waals surface area (Å²) in [5.74, 6) is 0.557. The summed E-state index contributed by atoms with van der Waals surface area (Å²) in [6.07, 6.45) is 1.52. The van der Waals surface area contributed by atoms with Crippen LogP contribution >= 0.6 is 0 Å². The maximum Gasteiger partial charge on any atom is 0.221 e. The lowest BCUT2D eigenvalue weighted by molar-refractivity contribution is -0.114. The van der Waals surface area contributed by atoms with Gasteiger partial charge in [0.1, 0.15) is 0 Å². The van der Waals surface area contributed by atoms with Gasteiger partial charge in [0, 0.05) is 42.3 Å². The van der Waals surface area contributed by atoms with Gasteiger partial charge in [-0.05, 0) is 31.0 Å². The molecule has 3 unspecified atom stereocenters. The fraction of sp³-hybridized carbons (Fsp3) is 0.588. The van der Waals surface area contributed by atoms with Crippen LogP contribution in [-0.2, 0) is 9.53 Å². The second-order valence-electron chi connectivity index (χ2n) is 6.90. The van der Waals surface area contributed by atoms with E-state index < -0.39 is 0 Å². The highest BCUT2D eigenvalue weighted by molar-refractivity contribution is 5.89. The largest absolute Gasteiger partial charge is 0.381 e. The Balaban J connectivity index is 1.80. The van der Waals surface area contributed by atoms with Gasteiger partial charge in [0.25, 0.3) is 0 Å². The molecule has 1 aliphatic carbocycles. The molecule has 0 spiro atoms. The number of benzene rings is 1. The number of hydrogen-bond acceptors (Lipinski definition) is 3. The van der Waals surface area contributed by atoms with Crippen LogP contribution in [0.25, 0.3) is 0 Å². The Morgan fingerprint density at radius 3 is 2.86 bits per heavy atom. The van der Waals surface area contributed by atoms with Crippen molar-refractivity contribution in [3.8, 4) is 0 Å². The summed E-state index contributed by atoms with van der Waals surface area (Å²) in [4.78, 5) is 11.2. The second-order valence-corrected chi connectivity index (χ2v) is 6.90. The van der Waals surface area contributed by atoms with Crippen molar-refractivity contribution in [3.05, 3.63) is 23.8 Å². The lowest BCUT2D eigenvalue weighted by Crippen LogP contribution is -2.63. The average Bonchev–Trinajstić information content (AvgIpc) is 2.85. The topological polar surface area (TPSA) is 50.4 Å². The number of rotatable bonds is 3. The van der Waals surface area contributed by atoms with Crippen LogP contribution in [0.2, 0.25) is 0 Å². The third-order valence-corrected chi connectivity index (χ3v) is 4.97.